The Balaban J connectivity index is 1.93. The summed E-state index contributed by atoms with van der Waals surface area (Å²) < 4.78 is 7.58. The van der Waals surface area contributed by atoms with Gasteiger partial charge in [0.1, 0.15) is 0 Å². The topological polar surface area (TPSA) is 56.3 Å². The Hall–Kier alpha value is -0.910. The van der Waals surface area contributed by atoms with Crippen molar-refractivity contribution in [2.75, 3.05) is 26.2 Å². The van der Waals surface area contributed by atoms with E-state index in [1.165, 1.54) is 5.69 Å². The lowest BCUT2D eigenvalue weighted by atomic mass is 10.2. The molecule has 0 aliphatic carbocycles. The molecule has 5 heteroatoms. The van der Waals surface area contributed by atoms with Gasteiger partial charge in [0.25, 0.3) is 0 Å². The summed E-state index contributed by atoms with van der Waals surface area (Å²) in [5.41, 5.74) is 6.89. The van der Waals surface area contributed by atoms with Crippen LogP contribution in [0.3, 0.4) is 0 Å². The molecule has 1 atom stereocenters. The first kappa shape index (κ1) is 11.6. The molecule has 16 heavy (non-hydrogen) atoms. The second-order valence-corrected chi connectivity index (χ2v) is 4.10. The lowest BCUT2D eigenvalue weighted by Gasteiger charge is -2.32. The first-order valence-corrected chi connectivity index (χ1v) is 5.88. The summed E-state index contributed by atoms with van der Waals surface area (Å²) in [5, 5.41) is 4.27. The summed E-state index contributed by atoms with van der Waals surface area (Å²) in [6.45, 7) is 7.25. The molecule has 0 spiro atoms. The molecule has 0 aromatic carbocycles. The SMILES string of the molecule is CCn1nccc1CN1CCOC(CN)C1. The normalized spacial score (nSPS) is 22.5. The van der Waals surface area contributed by atoms with Crippen LogP contribution in [0.4, 0.5) is 0 Å². The second kappa shape index (κ2) is 5.43. The third-order valence-corrected chi connectivity index (χ3v) is 2.98. The van der Waals surface area contributed by atoms with Gasteiger partial charge in [-0.25, -0.2) is 0 Å². The number of aryl methyl sites for hydroxylation is 1. The third kappa shape index (κ3) is 2.61. The standard InChI is InChI=1S/C11H20N4O/c1-2-15-10(3-4-13-15)8-14-5-6-16-11(7-12)9-14/h3-4,11H,2,5-9,12H2,1H3. The number of morpholine rings is 1. The highest BCUT2D eigenvalue weighted by Gasteiger charge is 2.19. The zero-order valence-electron chi connectivity index (χ0n) is 9.80. The summed E-state index contributed by atoms with van der Waals surface area (Å²) in [7, 11) is 0. The summed E-state index contributed by atoms with van der Waals surface area (Å²) in [6, 6.07) is 2.08. The van der Waals surface area contributed by atoms with Gasteiger partial charge in [-0.3, -0.25) is 9.58 Å². The van der Waals surface area contributed by atoms with Gasteiger partial charge in [-0.15, -0.1) is 0 Å². The molecule has 1 aliphatic heterocycles. The van der Waals surface area contributed by atoms with Gasteiger partial charge in [0.15, 0.2) is 0 Å². The van der Waals surface area contributed by atoms with Gasteiger partial charge >= 0.3 is 0 Å². The molecule has 2 N–H and O–H groups in total. The highest BCUT2D eigenvalue weighted by Crippen LogP contribution is 2.09. The Morgan fingerprint density at radius 2 is 2.50 bits per heavy atom. The van der Waals surface area contributed by atoms with Crippen molar-refractivity contribution in [2.24, 2.45) is 5.73 Å². The van der Waals surface area contributed by atoms with E-state index in [1.807, 2.05) is 10.9 Å². The van der Waals surface area contributed by atoms with Crippen LogP contribution >= 0.6 is 0 Å². The molecule has 2 heterocycles. The van der Waals surface area contributed by atoms with Gasteiger partial charge < -0.3 is 10.5 Å². The number of rotatable bonds is 4. The van der Waals surface area contributed by atoms with Gasteiger partial charge in [0.05, 0.1) is 18.4 Å². The molecular weight excluding hydrogens is 204 g/mol. The summed E-state index contributed by atoms with van der Waals surface area (Å²) in [6.07, 6.45) is 2.05. The van der Waals surface area contributed by atoms with Crippen molar-refractivity contribution in [3.63, 3.8) is 0 Å². The van der Waals surface area contributed by atoms with E-state index in [0.29, 0.717) is 6.54 Å². The number of nitrogens with zero attached hydrogens (tertiary/aromatic N) is 3. The minimum absolute atomic E-state index is 0.187. The van der Waals surface area contributed by atoms with Crippen molar-refractivity contribution in [2.45, 2.75) is 26.1 Å². The van der Waals surface area contributed by atoms with Crippen LogP contribution in [0, 0.1) is 0 Å². The monoisotopic (exact) mass is 224 g/mol. The van der Waals surface area contributed by atoms with Gasteiger partial charge in [-0.2, -0.15) is 5.10 Å². The van der Waals surface area contributed by atoms with E-state index >= 15 is 0 Å². The number of ether oxygens (including phenoxy) is 1. The molecule has 0 saturated carbocycles. The molecule has 1 fully saturated rings. The van der Waals surface area contributed by atoms with Crippen LogP contribution < -0.4 is 5.73 Å². The minimum atomic E-state index is 0.187. The lowest BCUT2D eigenvalue weighted by molar-refractivity contribution is -0.0267. The second-order valence-electron chi connectivity index (χ2n) is 4.10. The maximum absolute atomic E-state index is 5.63. The van der Waals surface area contributed by atoms with Crippen LogP contribution in [0.1, 0.15) is 12.6 Å². The van der Waals surface area contributed by atoms with Crippen LogP contribution in [0.15, 0.2) is 12.3 Å². The van der Waals surface area contributed by atoms with E-state index in [4.69, 9.17) is 10.5 Å². The molecular formula is C11H20N4O. The van der Waals surface area contributed by atoms with E-state index < -0.39 is 0 Å². The van der Waals surface area contributed by atoms with E-state index in [0.717, 1.165) is 32.8 Å². The van der Waals surface area contributed by atoms with Gasteiger partial charge in [0.2, 0.25) is 0 Å². The zero-order valence-corrected chi connectivity index (χ0v) is 9.80. The molecule has 2 rings (SSSR count). The van der Waals surface area contributed by atoms with Crippen LogP contribution in [0.25, 0.3) is 0 Å². The van der Waals surface area contributed by atoms with Crippen molar-refractivity contribution in [3.8, 4) is 0 Å². The smallest absolute Gasteiger partial charge is 0.0824 e. The molecule has 0 amide bonds. The van der Waals surface area contributed by atoms with Crippen molar-refractivity contribution >= 4 is 0 Å². The predicted octanol–water partition coefficient (Wildman–Crippen LogP) is 0.0625. The summed E-state index contributed by atoms with van der Waals surface area (Å²) in [4.78, 5) is 2.38. The summed E-state index contributed by atoms with van der Waals surface area (Å²) >= 11 is 0. The first-order valence-electron chi connectivity index (χ1n) is 5.88. The van der Waals surface area contributed by atoms with E-state index in [9.17, 15) is 0 Å². The van der Waals surface area contributed by atoms with Crippen molar-refractivity contribution in [3.05, 3.63) is 18.0 Å². The molecule has 90 valence electrons. The number of hydrogen-bond acceptors (Lipinski definition) is 4. The van der Waals surface area contributed by atoms with Crippen molar-refractivity contribution in [1.82, 2.24) is 14.7 Å². The molecule has 1 saturated heterocycles. The van der Waals surface area contributed by atoms with Crippen molar-refractivity contribution in [1.29, 1.82) is 0 Å². The molecule has 1 aromatic heterocycles. The van der Waals surface area contributed by atoms with Gasteiger partial charge in [-0.05, 0) is 13.0 Å². The Bertz CT molecular complexity index is 326. The average Bonchev–Trinajstić information content (AvgIpc) is 2.76. The van der Waals surface area contributed by atoms with Crippen LogP contribution in [-0.2, 0) is 17.8 Å². The Morgan fingerprint density at radius 3 is 3.25 bits per heavy atom. The highest BCUT2D eigenvalue weighted by atomic mass is 16.5. The Kier molecular flexibility index (Phi) is 3.93. The molecule has 1 aliphatic rings. The fraction of sp³-hybridized carbons (Fsp3) is 0.727. The van der Waals surface area contributed by atoms with Crippen LogP contribution in [-0.4, -0.2) is 47.0 Å². The summed E-state index contributed by atoms with van der Waals surface area (Å²) in [5.74, 6) is 0. The Labute approximate surface area is 96.2 Å². The number of aromatic nitrogens is 2. The predicted molar refractivity (Wildman–Crippen MR) is 62.0 cm³/mol. The van der Waals surface area contributed by atoms with E-state index in [1.54, 1.807) is 0 Å². The van der Waals surface area contributed by atoms with Crippen molar-refractivity contribution < 1.29 is 4.74 Å². The number of hydrogen-bond donors (Lipinski definition) is 1. The fourth-order valence-electron chi connectivity index (χ4n) is 2.07. The van der Waals surface area contributed by atoms with Gasteiger partial charge in [0, 0.05) is 38.9 Å². The first-order chi connectivity index (χ1) is 7.83. The molecule has 5 nitrogen and oxygen atoms in total. The highest BCUT2D eigenvalue weighted by molar-refractivity contribution is 5.00. The molecule has 0 bridgehead atoms. The van der Waals surface area contributed by atoms with Gasteiger partial charge in [-0.1, -0.05) is 0 Å². The number of nitrogens with two attached hydrogens (primary N) is 1. The maximum atomic E-state index is 5.63. The fourth-order valence-corrected chi connectivity index (χ4v) is 2.07. The average molecular weight is 224 g/mol. The van der Waals surface area contributed by atoms with Crippen LogP contribution in [0.2, 0.25) is 0 Å². The quantitative estimate of drug-likeness (QED) is 0.786. The lowest BCUT2D eigenvalue weighted by Crippen LogP contribution is -2.45. The minimum Gasteiger partial charge on any atom is -0.374 e. The van der Waals surface area contributed by atoms with E-state index in [-0.39, 0.29) is 6.10 Å². The van der Waals surface area contributed by atoms with Crippen LogP contribution in [0.5, 0.6) is 0 Å². The largest absolute Gasteiger partial charge is 0.374 e. The molecule has 1 unspecified atom stereocenters. The van der Waals surface area contributed by atoms with E-state index in [2.05, 4.69) is 23.0 Å². The third-order valence-electron chi connectivity index (χ3n) is 2.98. The Morgan fingerprint density at radius 1 is 1.62 bits per heavy atom. The maximum Gasteiger partial charge on any atom is 0.0824 e. The molecule has 0 radical (unpaired) electrons. The zero-order chi connectivity index (χ0) is 11.4. The molecule has 1 aromatic rings.